The van der Waals surface area contributed by atoms with Gasteiger partial charge in [0.05, 0.1) is 26.2 Å². The molecule has 2 fully saturated rings. The number of alkyl halides is 6. The molecule has 4 aromatic carbocycles. The van der Waals surface area contributed by atoms with E-state index in [2.05, 4.69) is 19.4 Å². The van der Waals surface area contributed by atoms with E-state index in [0.29, 0.717) is 49.6 Å². The van der Waals surface area contributed by atoms with Gasteiger partial charge in [-0.25, -0.2) is 35.6 Å². The number of halogens is 10. The van der Waals surface area contributed by atoms with Crippen molar-refractivity contribution >= 4 is 76.2 Å². The van der Waals surface area contributed by atoms with E-state index in [4.69, 9.17) is 23.2 Å². The molecule has 2 aliphatic heterocycles. The minimum Gasteiger partial charge on any atom is -0.406 e. The molecular formula is C42H36Cl2F8N6O6S4. The molecule has 364 valence electrons. The molecule has 0 atom stereocenters. The molecule has 68 heavy (non-hydrogen) atoms. The maximum Gasteiger partial charge on any atom is 0.573 e. The second-order valence-corrected chi connectivity index (χ2v) is 21.3. The molecule has 2 saturated heterocycles. The summed E-state index contributed by atoms with van der Waals surface area (Å²) in [4.78, 5) is 12.9. The highest BCUT2D eigenvalue weighted by Crippen LogP contribution is 2.31. The monoisotopic (exact) mass is 1070 g/mol. The molecule has 12 nitrogen and oxygen atoms in total. The van der Waals surface area contributed by atoms with Gasteiger partial charge in [-0.3, -0.25) is 0 Å². The minimum absolute atomic E-state index is 0.0566. The molecule has 0 N–H and O–H groups in total. The fraction of sp³-hybridized carbons (Fsp3) is 0.286. The van der Waals surface area contributed by atoms with Crippen LogP contribution in [0.25, 0.3) is 0 Å². The topological polar surface area (TPSA) is 125 Å². The highest BCUT2D eigenvalue weighted by molar-refractivity contribution is 7.89. The summed E-state index contributed by atoms with van der Waals surface area (Å²) in [6.45, 7) is 2.37. The largest absolute Gasteiger partial charge is 0.573 e. The lowest BCUT2D eigenvalue weighted by atomic mass is 10.1. The fourth-order valence-corrected chi connectivity index (χ4v) is 12.0. The summed E-state index contributed by atoms with van der Waals surface area (Å²) in [6.07, 6.45) is -8.85. The van der Waals surface area contributed by atoms with E-state index in [1.165, 1.54) is 55.5 Å². The van der Waals surface area contributed by atoms with E-state index in [1.54, 1.807) is 12.1 Å². The molecule has 6 aromatic rings. The fourth-order valence-electron chi connectivity index (χ4n) is 6.99. The highest BCUT2D eigenvalue weighted by atomic mass is 35.5. The van der Waals surface area contributed by atoms with Gasteiger partial charge in [-0.2, -0.15) is 8.61 Å². The van der Waals surface area contributed by atoms with Crippen molar-refractivity contribution in [3.05, 3.63) is 140 Å². The Kier molecular flexibility index (Phi) is 15.8. The number of rotatable bonds is 12. The predicted octanol–water partition coefficient (Wildman–Crippen LogP) is 9.87. The minimum atomic E-state index is -4.85. The molecular weight excluding hydrogens is 1040 g/mol. The molecule has 8 rings (SSSR count). The number of hydrogen-bond acceptors (Lipinski definition) is 12. The molecule has 0 unspecified atom stereocenters. The average molecular weight is 1070 g/mol. The molecule has 0 aliphatic carbocycles. The SMILES string of the molecule is O=S(=O)(c1ccc(OC(F)(F)F)cc1)N1CCN(c2nc(Cc3cc(F)cc(Cl)c3)cs2)CC1.O=S(=O)(c1ccc(OC(F)(F)F)cc1)N1CCN(c2nc(Cc3ccc(Cl)c(F)c3)cs2)CC1. The van der Waals surface area contributed by atoms with Crippen LogP contribution in [0.5, 0.6) is 11.5 Å². The van der Waals surface area contributed by atoms with Crippen LogP contribution >= 0.6 is 45.9 Å². The van der Waals surface area contributed by atoms with Crippen molar-refractivity contribution < 1.29 is 61.4 Å². The quantitative estimate of drug-likeness (QED) is 0.109. The van der Waals surface area contributed by atoms with Gasteiger partial charge in [-0.15, -0.1) is 49.0 Å². The third-order valence-electron chi connectivity index (χ3n) is 10.2. The first-order chi connectivity index (χ1) is 32.0. The molecule has 2 aromatic heterocycles. The molecule has 2 aliphatic rings. The van der Waals surface area contributed by atoms with Crippen LogP contribution in [0, 0.1) is 11.6 Å². The van der Waals surface area contributed by atoms with Crippen molar-refractivity contribution in [3.63, 3.8) is 0 Å². The summed E-state index contributed by atoms with van der Waals surface area (Å²) in [6, 6.07) is 17.2. The van der Waals surface area contributed by atoms with Crippen molar-refractivity contribution in [2.24, 2.45) is 0 Å². The Morgan fingerprint density at radius 2 is 0.985 bits per heavy atom. The smallest absolute Gasteiger partial charge is 0.406 e. The second-order valence-electron chi connectivity index (χ2n) is 14.9. The van der Waals surface area contributed by atoms with Crippen LogP contribution in [0.1, 0.15) is 22.5 Å². The Hall–Kier alpha value is -4.82. The normalized spacial score (nSPS) is 15.5. The van der Waals surface area contributed by atoms with E-state index < -0.39 is 55.9 Å². The summed E-state index contributed by atoms with van der Waals surface area (Å²) in [5.41, 5.74) is 2.95. The van der Waals surface area contributed by atoms with Crippen molar-refractivity contribution in [1.82, 2.24) is 18.6 Å². The maximum atomic E-state index is 13.7. The number of ether oxygens (including phenoxy) is 2. The number of thiazole rings is 2. The molecule has 0 spiro atoms. The van der Waals surface area contributed by atoms with Crippen molar-refractivity contribution in [2.45, 2.75) is 35.4 Å². The molecule has 0 saturated carbocycles. The number of aromatic nitrogens is 2. The highest BCUT2D eigenvalue weighted by Gasteiger charge is 2.34. The molecule has 26 heteroatoms. The number of sulfonamides is 2. The lowest BCUT2D eigenvalue weighted by Crippen LogP contribution is -2.48. The summed E-state index contributed by atoms with van der Waals surface area (Å²) in [5, 5.41) is 5.56. The van der Waals surface area contributed by atoms with Crippen LogP contribution < -0.4 is 19.3 Å². The number of benzene rings is 4. The first-order valence-electron chi connectivity index (χ1n) is 20.0. The lowest BCUT2D eigenvalue weighted by Gasteiger charge is -2.33. The van der Waals surface area contributed by atoms with Gasteiger partial charge in [0.25, 0.3) is 0 Å². The number of anilines is 2. The third-order valence-corrected chi connectivity index (χ3v) is 16.4. The average Bonchev–Trinajstić information content (AvgIpc) is 3.94. The van der Waals surface area contributed by atoms with E-state index in [-0.39, 0.29) is 41.0 Å². The van der Waals surface area contributed by atoms with E-state index in [9.17, 15) is 52.0 Å². The van der Waals surface area contributed by atoms with Gasteiger partial charge >= 0.3 is 12.7 Å². The van der Waals surface area contributed by atoms with Gasteiger partial charge < -0.3 is 19.3 Å². The predicted molar refractivity (Wildman–Crippen MR) is 241 cm³/mol. The first kappa shape index (κ1) is 51.0. The van der Waals surface area contributed by atoms with Crippen molar-refractivity contribution in [1.29, 1.82) is 0 Å². The maximum absolute atomic E-state index is 13.7. The Bertz CT molecular complexity index is 2890. The Morgan fingerprint density at radius 1 is 0.559 bits per heavy atom. The van der Waals surface area contributed by atoms with Gasteiger partial charge in [0, 0.05) is 81.0 Å². The van der Waals surface area contributed by atoms with E-state index in [1.807, 2.05) is 20.6 Å². The van der Waals surface area contributed by atoms with Gasteiger partial charge in [-0.1, -0.05) is 29.3 Å². The molecule has 4 heterocycles. The number of hydrogen-bond donors (Lipinski definition) is 0. The van der Waals surface area contributed by atoms with E-state index in [0.717, 1.165) is 75.7 Å². The summed E-state index contributed by atoms with van der Waals surface area (Å²) >= 11 is 14.4. The van der Waals surface area contributed by atoms with Crippen LogP contribution in [0.15, 0.2) is 105 Å². The zero-order valence-corrected chi connectivity index (χ0v) is 39.6. The lowest BCUT2D eigenvalue weighted by molar-refractivity contribution is -0.275. The van der Waals surface area contributed by atoms with E-state index >= 15 is 0 Å². The summed E-state index contributed by atoms with van der Waals surface area (Å²) < 4.78 is 163. The van der Waals surface area contributed by atoms with Crippen molar-refractivity contribution in [3.8, 4) is 11.5 Å². The van der Waals surface area contributed by atoms with Gasteiger partial charge in [-0.05, 0) is 90.0 Å². The standard InChI is InChI=1S/2C21H18ClF4N3O3S2/c22-18-6-1-14(12-19(18)23)11-15-13-33-20(27-15)28-7-9-29(10-8-28)34(30,31)17-4-2-16(3-5-17)32-21(24,25)26;22-15-9-14(10-16(23)12-15)11-17-13-33-20(27-17)28-5-7-29(8-6-28)34(30,31)19-3-1-18(2-4-19)32-21(24,25)26/h1-6,12-13H,7-11H2;1-4,9-10,12-13H,5-8,11H2. The van der Waals surface area contributed by atoms with Gasteiger partial charge in [0.1, 0.15) is 23.1 Å². The van der Waals surface area contributed by atoms with Crippen molar-refractivity contribution in [2.75, 3.05) is 62.2 Å². The number of nitrogens with zero attached hydrogens (tertiary/aromatic N) is 6. The Balaban J connectivity index is 0.000000201. The van der Waals surface area contributed by atoms with Gasteiger partial charge in [0.2, 0.25) is 20.0 Å². The zero-order valence-electron chi connectivity index (χ0n) is 34.9. The summed E-state index contributed by atoms with van der Waals surface area (Å²) in [5.74, 6) is -1.89. The number of piperazine rings is 2. The third kappa shape index (κ3) is 13.5. The first-order valence-corrected chi connectivity index (χ1v) is 25.4. The Morgan fingerprint density at radius 3 is 1.38 bits per heavy atom. The second kappa shape index (κ2) is 21.0. The van der Waals surface area contributed by atoms with Crippen LogP contribution in [-0.2, 0) is 32.9 Å². The zero-order chi connectivity index (χ0) is 49.0. The molecule has 0 amide bonds. The van der Waals surface area contributed by atoms with Gasteiger partial charge in [0.15, 0.2) is 10.3 Å². The van der Waals surface area contributed by atoms with Crippen LogP contribution in [0.4, 0.5) is 45.4 Å². The molecule has 0 radical (unpaired) electrons. The summed E-state index contributed by atoms with van der Waals surface area (Å²) in [7, 11) is -7.73. The van der Waals surface area contributed by atoms with Crippen LogP contribution in [-0.4, -0.2) is 100 Å². The molecule has 0 bridgehead atoms. The van der Waals surface area contributed by atoms with Crippen LogP contribution in [0.3, 0.4) is 0 Å². The Labute approximate surface area is 403 Å². The van der Waals surface area contributed by atoms with Crippen LogP contribution in [0.2, 0.25) is 10.0 Å².